The van der Waals surface area contributed by atoms with Gasteiger partial charge in [-0.25, -0.2) is 0 Å². The molecule has 16 heavy (non-hydrogen) atoms. The van der Waals surface area contributed by atoms with Crippen molar-refractivity contribution < 1.29 is 4.79 Å². The maximum absolute atomic E-state index is 11.5. The van der Waals surface area contributed by atoms with Crippen molar-refractivity contribution in [2.75, 3.05) is 23.3 Å². The van der Waals surface area contributed by atoms with Crippen LogP contribution in [0.15, 0.2) is 18.2 Å². The van der Waals surface area contributed by atoms with Gasteiger partial charge >= 0.3 is 0 Å². The predicted octanol–water partition coefficient (Wildman–Crippen LogP) is 1.45. The predicted molar refractivity (Wildman–Crippen MR) is 65.9 cm³/mol. The van der Waals surface area contributed by atoms with E-state index in [1.54, 1.807) is 6.07 Å². The third-order valence-electron chi connectivity index (χ3n) is 2.44. The number of hydrogen-bond acceptors (Lipinski definition) is 3. The van der Waals surface area contributed by atoms with E-state index in [9.17, 15) is 4.79 Å². The van der Waals surface area contributed by atoms with Gasteiger partial charge in [-0.2, -0.15) is 0 Å². The molecular weight excluding hydrogens is 226 g/mol. The molecule has 5 heteroatoms. The Morgan fingerprint density at radius 2 is 2.38 bits per heavy atom. The second kappa shape index (κ2) is 4.31. The van der Waals surface area contributed by atoms with Crippen molar-refractivity contribution in [1.29, 1.82) is 0 Å². The SMILES string of the molecule is CC(N)CN1CC(=O)Nc2c(Cl)cccc21. The molecule has 0 aromatic heterocycles. The second-order valence-electron chi connectivity index (χ2n) is 4.04. The molecule has 4 nitrogen and oxygen atoms in total. The van der Waals surface area contributed by atoms with Gasteiger partial charge in [0.05, 0.1) is 22.9 Å². The van der Waals surface area contributed by atoms with Gasteiger partial charge in [0.2, 0.25) is 5.91 Å². The summed E-state index contributed by atoms with van der Waals surface area (Å²) in [6.07, 6.45) is 0. The van der Waals surface area contributed by atoms with E-state index in [-0.39, 0.29) is 11.9 Å². The summed E-state index contributed by atoms with van der Waals surface area (Å²) in [4.78, 5) is 13.5. The number of para-hydroxylation sites is 1. The molecule has 1 aliphatic heterocycles. The van der Waals surface area contributed by atoms with E-state index in [4.69, 9.17) is 17.3 Å². The number of fused-ring (bicyclic) bond motifs is 1. The molecule has 0 spiro atoms. The van der Waals surface area contributed by atoms with Crippen LogP contribution in [-0.4, -0.2) is 25.0 Å². The first-order valence-electron chi connectivity index (χ1n) is 5.17. The highest BCUT2D eigenvalue weighted by Gasteiger charge is 2.23. The standard InChI is InChI=1S/C11H14ClN3O/c1-7(13)5-15-6-10(16)14-11-8(12)3-2-4-9(11)15/h2-4,7H,5-6,13H2,1H3,(H,14,16). The molecule has 0 fully saturated rings. The van der Waals surface area contributed by atoms with Gasteiger partial charge in [0, 0.05) is 12.6 Å². The number of nitrogens with two attached hydrogens (primary N) is 1. The zero-order valence-corrected chi connectivity index (χ0v) is 9.79. The molecule has 1 aromatic carbocycles. The minimum Gasteiger partial charge on any atom is -0.359 e. The highest BCUT2D eigenvalue weighted by Crippen LogP contribution is 2.35. The Morgan fingerprint density at radius 3 is 3.06 bits per heavy atom. The van der Waals surface area contributed by atoms with Crippen molar-refractivity contribution in [2.45, 2.75) is 13.0 Å². The van der Waals surface area contributed by atoms with Gasteiger partial charge in [0.15, 0.2) is 0 Å². The molecule has 1 amide bonds. The van der Waals surface area contributed by atoms with Crippen LogP contribution in [0, 0.1) is 0 Å². The van der Waals surface area contributed by atoms with E-state index in [0.29, 0.717) is 23.8 Å². The molecule has 3 N–H and O–H groups in total. The average molecular weight is 240 g/mol. The fraction of sp³-hybridized carbons (Fsp3) is 0.364. The molecule has 1 atom stereocenters. The number of carbonyl (C=O) groups excluding carboxylic acids is 1. The summed E-state index contributed by atoms with van der Waals surface area (Å²) < 4.78 is 0. The van der Waals surface area contributed by atoms with Crippen LogP contribution in [0.1, 0.15) is 6.92 Å². The molecule has 1 unspecified atom stereocenters. The summed E-state index contributed by atoms with van der Waals surface area (Å²) in [7, 11) is 0. The Labute approximate surface area is 99.4 Å². The molecule has 1 heterocycles. The third kappa shape index (κ3) is 2.13. The number of carbonyl (C=O) groups is 1. The maximum atomic E-state index is 11.5. The number of anilines is 2. The van der Waals surface area contributed by atoms with Gasteiger partial charge in [0.25, 0.3) is 0 Å². The van der Waals surface area contributed by atoms with Crippen molar-refractivity contribution in [1.82, 2.24) is 0 Å². The number of amides is 1. The fourth-order valence-electron chi connectivity index (χ4n) is 1.85. The smallest absolute Gasteiger partial charge is 0.243 e. The normalized spacial score (nSPS) is 16.7. The largest absolute Gasteiger partial charge is 0.359 e. The lowest BCUT2D eigenvalue weighted by atomic mass is 10.1. The molecule has 0 saturated heterocycles. The van der Waals surface area contributed by atoms with Crippen LogP contribution in [0.25, 0.3) is 0 Å². The van der Waals surface area contributed by atoms with Gasteiger partial charge in [-0.1, -0.05) is 17.7 Å². The summed E-state index contributed by atoms with van der Waals surface area (Å²) in [6.45, 7) is 2.88. The Kier molecular flexibility index (Phi) is 3.03. The van der Waals surface area contributed by atoms with Crippen LogP contribution in [0.3, 0.4) is 0 Å². The number of nitrogens with zero attached hydrogens (tertiary/aromatic N) is 1. The lowest BCUT2D eigenvalue weighted by molar-refractivity contribution is -0.115. The second-order valence-corrected chi connectivity index (χ2v) is 4.45. The van der Waals surface area contributed by atoms with E-state index < -0.39 is 0 Å². The van der Waals surface area contributed by atoms with Gasteiger partial charge in [-0.05, 0) is 19.1 Å². The molecule has 0 radical (unpaired) electrons. The first-order chi connectivity index (χ1) is 7.58. The Hall–Kier alpha value is -1.26. The number of rotatable bonds is 2. The van der Waals surface area contributed by atoms with Crippen LogP contribution in [0.2, 0.25) is 5.02 Å². The van der Waals surface area contributed by atoms with E-state index in [2.05, 4.69) is 5.32 Å². The highest BCUT2D eigenvalue weighted by atomic mass is 35.5. The molecule has 2 rings (SSSR count). The zero-order chi connectivity index (χ0) is 11.7. The molecule has 0 bridgehead atoms. The van der Waals surface area contributed by atoms with Crippen molar-refractivity contribution in [3.8, 4) is 0 Å². The summed E-state index contributed by atoms with van der Waals surface area (Å²) in [5.74, 6) is -0.0544. The lowest BCUT2D eigenvalue weighted by Crippen LogP contribution is -2.43. The van der Waals surface area contributed by atoms with E-state index in [0.717, 1.165) is 5.69 Å². The molecular formula is C11H14ClN3O. The van der Waals surface area contributed by atoms with Crippen LogP contribution in [-0.2, 0) is 4.79 Å². The highest BCUT2D eigenvalue weighted by molar-refractivity contribution is 6.34. The van der Waals surface area contributed by atoms with Gasteiger partial charge < -0.3 is 16.0 Å². The van der Waals surface area contributed by atoms with Crippen molar-refractivity contribution >= 4 is 28.9 Å². The number of benzene rings is 1. The van der Waals surface area contributed by atoms with E-state index >= 15 is 0 Å². The van der Waals surface area contributed by atoms with Crippen molar-refractivity contribution in [2.24, 2.45) is 5.73 Å². The Bertz CT molecular complexity index is 420. The zero-order valence-electron chi connectivity index (χ0n) is 9.03. The molecule has 0 saturated carbocycles. The van der Waals surface area contributed by atoms with Gasteiger partial charge in [-0.15, -0.1) is 0 Å². The van der Waals surface area contributed by atoms with E-state index in [1.165, 1.54) is 0 Å². The van der Waals surface area contributed by atoms with Crippen LogP contribution < -0.4 is 16.0 Å². The quantitative estimate of drug-likeness (QED) is 0.821. The van der Waals surface area contributed by atoms with Crippen LogP contribution in [0.5, 0.6) is 0 Å². The topological polar surface area (TPSA) is 58.4 Å². The number of nitrogens with one attached hydrogen (secondary N) is 1. The molecule has 86 valence electrons. The van der Waals surface area contributed by atoms with Crippen LogP contribution >= 0.6 is 11.6 Å². The van der Waals surface area contributed by atoms with Gasteiger partial charge in [0.1, 0.15) is 0 Å². The van der Waals surface area contributed by atoms with E-state index in [1.807, 2.05) is 24.0 Å². The maximum Gasteiger partial charge on any atom is 0.243 e. The van der Waals surface area contributed by atoms with Crippen LogP contribution in [0.4, 0.5) is 11.4 Å². The fourth-order valence-corrected chi connectivity index (χ4v) is 2.06. The lowest BCUT2D eigenvalue weighted by Gasteiger charge is -2.32. The molecule has 1 aromatic rings. The minimum atomic E-state index is -0.0544. The first kappa shape index (κ1) is 11.2. The summed E-state index contributed by atoms with van der Waals surface area (Å²) >= 11 is 6.04. The molecule has 1 aliphatic rings. The minimum absolute atomic E-state index is 0.0118. The summed E-state index contributed by atoms with van der Waals surface area (Å²) in [5.41, 5.74) is 7.37. The van der Waals surface area contributed by atoms with Gasteiger partial charge in [-0.3, -0.25) is 4.79 Å². The first-order valence-corrected chi connectivity index (χ1v) is 5.54. The number of halogens is 1. The Morgan fingerprint density at radius 1 is 1.62 bits per heavy atom. The van der Waals surface area contributed by atoms with Crippen molar-refractivity contribution in [3.05, 3.63) is 23.2 Å². The Balaban J connectivity index is 2.38. The summed E-state index contributed by atoms with van der Waals surface area (Å²) in [5, 5.41) is 3.33. The third-order valence-corrected chi connectivity index (χ3v) is 2.75. The molecule has 0 aliphatic carbocycles. The van der Waals surface area contributed by atoms with Crippen molar-refractivity contribution in [3.63, 3.8) is 0 Å². The summed E-state index contributed by atoms with van der Waals surface area (Å²) in [6, 6.07) is 5.57. The average Bonchev–Trinajstić information content (AvgIpc) is 2.18. The monoisotopic (exact) mass is 239 g/mol. The number of hydrogen-bond donors (Lipinski definition) is 2.